The predicted molar refractivity (Wildman–Crippen MR) is 81.1 cm³/mol. The van der Waals surface area contributed by atoms with Gasteiger partial charge in [-0.3, -0.25) is 0 Å². The van der Waals surface area contributed by atoms with Crippen LogP contribution in [0.15, 0.2) is 18.2 Å². The van der Waals surface area contributed by atoms with Crippen molar-refractivity contribution in [2.75, 3.05) is 18.4 Å². The average molecular weight is 276 g/mol. The molecule has 1 aliphatic rings. The van der Waals surface area contributed by atoms with E-state index in [1.165, 1.54) is 11.1 Å². The van der Waals surface area contributed by atoms with Crippen molar-refractivity contribution in [2.24, 2.45) is 0 Å². The predicted octanol–water partition coefficient (Wildman–Crippen LogP) is 3.33. The van der Waals surface area contributed by atoms with E-state index in [2.05, 4.69) is 37.4 Å². The van der Waals surface area contributed by atoms with E-state index in [9.17, 15) is 4.79 Å². The summed E-state index contributed by atoms with van der Waals surface area (Å²) in [5.74, 6) is 0. The summed E-state index contributed by atoms with van der Waals surface area (Å²) in [7, 11) is 0. The number of nitrogens with one attached hydrogen (secondary N) is 1. The van der Waals surface area contributed by atoms with Gasteiger partial charge in [-0.2, -0.15) is 0 Å². The van der Waals surface area contributed by atoms with E-state index in [0.717, 1.165) is 5.69 Å². The molecule has 20 heavy (non-hydrogen) atoms. The fourth-order valence-electron chi connectivity index (χ4n) is 2.11. The monoisotopic (exact) mass is 276 g/mol. The fraction of sp³-hybridized carbons (Fsp3) is 0.562. The summed E-state index contributed by atoms with van der Waals surface area (Å²) in [6.07, 6.45) is -0.226. The summed E-state index contributed by atoms with van der Waals surface area (Å²) < 4.78 is 5.33. The van der Waals surface area contributed by atoms with Crippen molar-refractivity contribution >= 4 is 11.8 Å². The molecule has 1 fully saturated rings. The molecule has 1 heterocycles. The maximum absolute atomic E-state index is 11.8. The van der Waals surface area contributed by atoms with E-state index < -0.39 is 5.60 Å². The van der Waals surface area contributed by atoms with Crippen molar-refractivity contribution in [3.05, 3.63) is 29.3 Å². The van der Waals surface area contributed by atoms with Crippen LogP contribution in [0, 0.1) is 13.8 Å². The first-order valence-corrected chi connectivity index (χ1v) is 7.06. The number of likely N-dealkylation sites (tertiary alicyclic amines) is 1. The maximum atomic E-state index is 11.8. The maximum Gasteiger partial charge on any atom is 0.410 e. The minimum atomic E-state index is -0.427. The highest BCUT2D eigenvalue weighted by atomic mass is 16.6. The van der Waals surface area contributed by atoms with Crippen molar-refractivity contribution in [3.8, 4) is 0 Å². The van der Waals surface area contributed by atoms with Crippen LogP contribution in [0.4, 0.5) is 10.5 Å². The molecule has 1 amide bonds. The van der Waals surface area contributed by atoms with Crippen LogP contribution in [0.3, 0.4) is 0 Å². The molecule has 0 aliphatic carbocycles. The van der Waals surface area contributed by atoms with Crippen molar-refractivity contribution < 1.29 is 9.53 Å². The minimum absolute atomic E-state index is 0.226. The highest BCUT2D eigenvalue weighted by molar-refractivity contribution is 5.69. The zero-order valence-corrected chi connectivity index (χ0v) is 13.0. The Bertz CT molecular complexity index is 500. The molecule has 1 aromatic carbocycles. The summed E-state index contributed by atoms with van der Waals surface area (Å²) in [5.41, 5.74) is 3.25. The van der Waals surface area contributed by atoms with Gasteiger partial charge in [0.1, 0.15) is 5.60 Å². The zero-order chi connectivity index (χ0) is 14.9. The molecule has 1 aliphatic heterocycles. The van der Waals surface area contributed by atoms with Gasteiger partial charge in [0.05, 0.1) is 6.04 Å². The van der Waals surface area contributed by atoms with Crippen LogP contribution in [-0.4, -0.2) is 35.7 Å². The van der Waals surface area contributed by atoms with Gasteiger partial charge in [0.25, 0.3) is 0 Å². The molecule has 110 valence electrons. The Kier molecular flexibility index (Phi) is 3.93. The van der Waals surface area contributed by atoms with Crippen molar-refractivity contribution in [1.82, 2.24) is 4.90 Å². The van der Waals surface area contributed by atoms with Crippen LogP contribution < -0.4 is 5.32 Å². The number of ether oxygens (including phenoxy) is 1. The van der Waals surface area contributed by atoms with Crippen molar-refractivity contribution in [1.29, 1.82) is 0 Å². The molecular weight excluding hydrogens is 252 g/mol. The number of anilines is 1. The van der Waals surface area contributed by atoms with Gasteiger partial charge < -0.3 is 15.0 Å². The molecule has 0 atom stereocenters. The SMILES string of the molecule is Cc1ccc(NC2CN(C(=O)OC(C)(C)C)C2)cc1C. The fourth-order valence-corrected chi connectivity index (χ4v) is 2.11. The van der Waals surface area contributed by atoms with Crippen LogP contribution in [0.5, 0.6) is 0 Å². The molecule has 0 saturated carbocycles. The highest BCUT2D eigenvalue weighted by Gasteiger charge is 2.33. The van der Waals surface area contributed by atoms with Crippen LogP contribution in [-0.2, 0) is 4.74 Å². The van der Waals surface area contributed by atoms with E-state index in [0.29, 0.717) is 19.1 Å². The lowest BCUT2D eigenvalue weighted by Crippen LogP contribution is -2.57. The van der Waals surface area contributed by atoms with Gasteiger partial charge in [-0.15, -0.1) is 0 Å². The average Bonchev–Trinajstić information content (AvgIpc) is 2.25. The van der Waals surface area contributed by atoms with Gasteiger partial charge in [-0.05, 0) is 57.9 Å². The molecule has 0 bridgehead atoms. The van der Waals surface area contributed by atoms with Crippen LogP contribution in [0.2, 0.25) is 0 Å². The first-order valence-electron chi connectivity index (χ1n) is 7.06. The number of amides is 1. The second-order valence-electron chi connectivity index (χ2n) is 6.53. The summed E-state index contributed by atoms with van der Waals surface area (Å²) in [6, 6.07) is 6.65. The summed E-state index contributed by atoms with van der Waals surface area (Å²) in [6.45, 7) is 11.3. The van der Waals surface area contributed by atoms with Crippen molar-refractivity contribution in [3.63, 3.8) is 0 Å². The van der Waals surface area contributed by atoms with E-state index in [1.54, 1.807) is 4.90 Å². The second-order valence-corrected chi connectivity index (χ2v) is 6.53. The minimum Gasteiger partial charge on any atom is -0.444 e. The normalized spacial score (nSPS) is 15.8. The standard InChI is InChI=1S/C16H24N2O2/c1-11-6-7-13(8-12(11)2)17-14-9-18(10-14)15(19)20-16(3,4)5/h6-8,14,17H,9-10H2,1-5H3. The smallest absolute Gasteiger partial charge is 0.410 e. The molecule has 1 N–H and O–H groups in total. The summed E-state index contributed by atoms with van der Waals surface area (Å²) in [5, 5.41) is 3.44. The topological polar surface area (TPSA) is 41.6 Å². The lowest BCUT2D eigenvalue weighted by Gasteiger charge is -2.40. The highest BCUT2D eigenvalue weighted by Crippen LogP contribution is 2.20. The number of aryl methyl sites for hydroxylation is 2. The molecule has 0 radical (unpaired) electrons. The number of benzene rings is 1. The summed E-state index contributed by atoms with van der Waals surface area (Å²) >= 11 is 0. The quantitative estimate of drug-likeness (QED) is 0.900. The first kappa shape index (κ1) is 14.7. The Labute approximate surface area is 121 Å². The van der Waals surface area contributed by atoms with Gasteiger partial charge in [-0.25, -0.2) is 4.79 Å². The molecule has 2 rings (SSSR count). The van der Waals surface area contributed by atoms with E-state index >= 15 is 0 Å². The number of carbonyl (C=O) groups excluding carboxylic acids is 1. The molecule has 0 aromatic heterocycles. The number of hydrogen-bond donors (Lipinski definition) is 1. The second kappa shape index (κ2) is 5.35. The van der Waals surface area contributed by atoms with Gasteiger partial charge in [0.15, 0.2) is 0 Å². The van der Waals surface area contributed by atoms with Crippen LogP contribution in [0.25, 0.3) is 0 Å². The lowest BCUT2D eigenvalue weighted by atomic mass is 10.1. The molecule has 0 spiro atoms. The Morgan fingerprint density at radius 3 is 2.45 bits per heavy atom. The Balaban J connectivity index is 1.82. The van der Waals surface area contributed by atoms with Crippen LogP contribution in [0.1, 0.15) is 31.9 Å². The Hall–Kier alpha value is -1.71. The number of carbonyl (C=O) groups is 1. The van der Waals surface area contributed by atoms with E-state index in [-0.39, 0.29) is 6.09 Å². The number of rotatable bonds is 2. The molecule has 4 heteroatoms. The van der Waals surface area contributed by atoms with Gasteiger partial charge >= 0.3 is 6.09 Å². The molecule has 1 aromatic rings. The van der Waals surface area contributed by atoms with Gasteiger partial charge in [0.2, 0.25) is 0 Å². The van der Waals surface area contributed by atoms with Gasteiger partial charge in [0, 0.05) is 18.8 Å². The molecule has 0 unspecified atom stereocenters. The zero-order valence-electron chi connectivity index (χ0n) is 13.0. The Morgan fingerprint density at radius 1 is 1.25 bits per heavy atom. The first-order chi connectivity index (χ1) is 9.24. The third-order valence-corrected chi connectivity index (χ3v) is 3.41. The van der Waals surface area contributed by atoms with Crippen molar-refractivity contribution in [2.45, 2.75) is 46.3 Å². The third kappa shape index (κ3) is 3.65. The van der Waals surface area contributed by atoms with E-state index in [1.807, 2.05) is 20.8 Å². The number of nitrogens with zero attached hydrogens (tertiary/aromatic N) is 1. The number of hydrogen-bond acceptors (Lipinski definition) is 3. The third-order valence-electron chi connectivity index (χ3n) is 3.41. The molecule has 1 saturated heterocycles. The van der Waals surface area contributed by atoms with E-state index in [4.69, 9.17) is 4.74 Å². The summed E-state index contributed by atoms with van der Waals surface area (Å²) in [4.78, 5) is 13.5. The lowest BCUT2D eigenvalue weighted by molar-refractivity contribution is 0.0105. The Morgan fingerprint density at radius 2 is 1.90 bits per heavy atom. The largest absolute Gasteiger partial charge is 0.444 e. The van der Waals surface area contributed by atoms with Crippen LogP contribution >= 0.6 is 0 Å². The van der Waals surface area contributed by atoms with Gasteiger partial charge in [-0.1, -0.05) is 6.07 Å². The molecular formula is C16H24N2O2. The molecule has 4 nitrogen and oxygen atoms in total.